The third kappa shape index (κ3) is 9.56. The zero-order valence-corrected chi connectivity index (χ0v) is 29.0. The van der Waals surface area contributed by atoms with Gasteiger partial charge in [0.25, 0.3) is 0 Å². The standard InChI is InChI=1S/C33H60O4Si2/c1-12-13-14-18-28(36-38(8,9)32(2,3)4)19-20-29-30(22-25-16-15-17-27(35)21-25)26(24-34)23-31(29)37-39(10,11)33(5,6)7/h15-17,19-21,26,28-31,34-35H,12-14,18,22-24H2,1-11H3/b20-19+/t26-,28+,29-,30+,31?/m1/s1. The quantitative estimate of drug-likeness (QED) is 0.140. The molecule has 0 amide bonds. The van der Waals surface area contributed by atoms with Gasteiger partial charge in [-0.2, -0.15) is 0 Å². The Morgan fingerprint density at radius 1 is 1.00 bits per heavy atom. The second kappa shape index (κ2) is 13.8. The van der Waals surface area contributed by atoms with Crippen molar-refractivity contribution in [2.45, 2.75) is 135 Å². The molecule has 1 aliphatic rings. The molecular formula is C33H60O4Si2. The number of hydrogen-bond donors (Lipinski definition) is 2. The van der Waals surface area contributed by atoms with Gasteiger partial charge in [0.15, 0.2) is 16.6 Å². The van der Waals surface area contributed by atoms with Gasteiger partial charge in [-0.3, -0.25) is 0 Å². The molecule has 6 heteroatoms. The third-order valence-electron chi connectivity index (χ3n) is 9.83. The number of aromatic hydroxyl groups is 1. The maximum Gasteiger partial charge on any atom is 0.192 e. The molecule has 0 heterocycles. The van der Waals surface area contributed by atoms with Crippen LogP contribution in [0.4, 0.5) is 0 Å². The minimum Gasteiger partial charge on any atom is -0.508 e. The fourth-order valence-corrected chi connectivity index (χ4v) is 7.91. The highest BCUT2D eigenvalue weighted by Gasteiger charge is 2.47. The summed E-state index contributed by atoms with van der Waals surface area (Å²) in [4.78, 5) is 0. The Hall–Kier alpha value is -0.926. The van der Waals surface area contributed by atoms with E-state index in [1.807, 2.05) is 12.1 Å². The van der Waals surface area contributed by atoms with Gasteiger partial charge < -0.3 is 19.1 Å². The minimum atomic E-state index is -2.01. The summed E-state index contributed by atoms with van der Waals surface area (Å²) >= 11 is 0. The first-order chi connectivity index (χ1) is 17.9. The summed E-state index contributed by atoms with van der Waals surface area (Å²) in [5.41, 5.74) is 1.11. The number of aliphatic hydroxyl groups excluding tert-OH is 1. The molecule has 2 rings (SSSR count). The number of phenols is 1. The molecule has 1 fully saturated rings. The van der Waals surface area contributed by atoms with Crippen LogP contribution >= 0.6 is 0 Å². The molecule has 1 aliphatic carbocycles. The average Bonchev–Trinajstić information content (AvgIpc) is 3.11. The SMILES string of the molecule is CCCCC[C@@H](/C=C/[C@H]1C(O[Si](C)(C)C(C)(C)C)C[C@H](CO)[C@@H]1Cc1cccc(O)c1)O[Si](C)(C)C(C)(C)C. The predicted molar refractivity (Wildman–Crippen MR) is 171 cm³/mol. The van der Waals surface area contributed by atoms with E-state index in [0.717, 1.165) is 24.8 Å². The van der Waals surface area contributed by atoms with Gasteiger partial charge in [-0.05, 0) is 85.1 Å². The number of benzene rings is 1. The molecule has 0 radical (unpaired) electrons. The molecule has 224 valence electrons. The van der Waals surface area contributed by atoms with Gasteiger partial charge in [0.2, 0.25) is 0 Å². The van der Waals surface area contributed by atoms with Crippen LogP contribution in [0.1, 0.15) is 86.1 Å². The van der Waals surface area contributed by atoms with Crippen LogP contribution in [-0.2, 0) is 15.3 Å². The van der Waals surface area contributed by atoms with E-state index < -0.39 is 16.6 Å². The lowest BCUT2D eigenvalue weighted by Gasteiger charge is -2.40. The van der Waals surface area contributed by atoms with Gasteiger partial charge in [0.1, 0.15) is 5.75 Å². The van der Waals surface area contributed by atoms with Gasteiger partial charge in [0, 0.05) is 12.5 Å². The number of aliphatic hydroxyl groups is 1. The maximum atomic E-state index is 10.5. The minimum absolute atomic E-state index is 0.0748. The molecule has 5 atom stereocenters. The molecule has 0 spiro atoms. The summed E-state index contributed by atoms with van der Waals surface area (Å²) in [6.07, 6.45) is 11.2. The van der Waals surface area contributed by atoms with E-state index >= 15 is 0 Å². The largest absolute Gasteiger partial charge is 0.508 e. The molecule has 1 aromatic carbocycles. The molecule has 0 aromatic heterocycles. The normalized spacial score (nSPS) is 24.0. The van der Waals surface area contributed by atoms with Gasteiger partial charge in [-0.25, -0.2) is 0 Å². The Morgan fingerprint density at radius 2 is 1.64 bits per heavy atom. The first kappa shape index (κ1) is 34.3. The van der Waals surface area contributed by atoms with Crippen molar-refractivity contribution in [3.05, 3.63) is 42.0 Å². The zero-order chi connectivity index (χ0) is 29.6. The summed E-state index contributed by atoms with van der Waals surface area (Å²) in [6, 6.07) is 7.59. The third-order valence-corrected chi connectivity index (χ3v) is 18.8. The molecule has 0 bridgehead atoms. The zero-order valence-electron chi connectivity index (χ0n) is 27.0. The van der Waals surface area contributed by atoms with Crippen LogP contribution < -0.4 is 0 Å². The average molecular weight is 577 g/mol. The molecule has 1 saturated carbocycles. The van der Waals surface area contributed by atoms with Crippen molar-refractivity contribution in [1.82, 2.24) is 0 Å². The highest BCUT2D eigenvalue weighted by molar-refractivity contribution is 6.74. The fourth-order valence-electron chi connectivity index (χ4n) is 5.23. The van der Waals surface area contributed by atoms with Crippen LogP contribution in [0, 0.1) is 17.8 Å². The van der Waals surface area contributed by atoms with E-state index in [1.54, 1.807) is 6.07 Å². The van der Waals surface area contributed by atoms with Crippen LogP contribution in [0.2, 0.25) is 36.3 Å². The van der Waals surface area contributed by atoms with Crippen molar-refractivity contribution < 1.29 is 19.1 Å². The molecule has 0 aliphatic heterocycles. The van der Waals surface area contributed by atoms with Crippen molar-refractivity contribution in [2.24, 2.45) is 17.8 Å². The summed E-state index contributed by atoms with van der Waals surface area (Å²) in [5.74, 6) is 0.893. The van der Waals surface area contributed by atoms with Gasteiger partial charge in [0.05, 0.1) is 12.2 Å². The Labute approximate surface area is 242 Å². The lowest BCUT2D eigenvalue weighted by Crippen LogP contribution is -2.45. The van der Waals surface area contributed by atoms with Crippen LogP contribution in [0.5, 0.6) is 5.75 Å². The van der Waals surface area contributed by atoms with Crippen molar-refractivity contribution in [2.75, 3.05) is 6.61 Å². The van der Waals surface area contributed by atoms with Gasteiger partial charge >= 0.3 is 0 Å². The molecule has 4 nitrogen and oxygen atoms in total. The molecule has 0 saturated heterocycles. The van der Waals surface area contributed by atoms with E-state index in [9.17, 15) is 10.2 Å². The van der Waals surface area contributed by atoms with Crippen LogP contribution in [-0.4, -0.2) is 45.7 Å². The molecular weight excluding hydrogens is 517 g/mol. The summed E-state index contributed by atoms with van der Waals surface area (Å²) in [7, 11) is -3.94. The topological polar surface area (TPSA) is 58.9 Å². The molecule has 1 aromatic rings. The van der Waals surface area contributed by atoms with Crippen molar-refractivity contribution in [3.63, 3.8) is 0 Å². The van der Waals surface area contributed by atoms with Crippen molar-refractivity contribution >= 4 is 16.6 Å². The molecule has 1 unspecified atom stereocenters. The van der Waals surface area contributed by atoms with Crippen LogP contribution in [0.3, 0.4) is 0 Å². The summed E-state index contributed by atoms with van der Waals surface area (Å²) in [5, 5.41) is 20.9. The second-order valence-corrected chi connectivity index (χ2v) is 24.5. The van der Waals surface area contributed by atoms with Crippen LogP contribution in [0.15, 0.2) is 36.4 Å². The Kier molecular flexibility index (Phi) is 12.2. The highest BCUT2D eigenvalue weighted by atomic mass is 28.4. The lowest BCUT2D eigenvalue weighted by atomic mass is 9.83. The monoisotopic (exact) mass is 576 g/mol. The van der Waals surface area contributed by atoms with Gasteiger partial charge in [-0.15, -0.1) is 0 Å². The van der Waals surface area contributed by atoms with E-state index in [-0.39, 0.29) is 46.6 Å². The van der Waals surface area contributed by atoms with E-state index in [0.29, 0.717) is 5.75 Å². The molecule has 39 heavy (non-hydrogen) atoms. The number of unbranched alkanes of at least 4 members (excludes halogenated alkanes) is 2. The first-order valence-electron chi connectivity index (χ1n) is 15.3. The number of phenolic OH excluding ortho intramolecular Hbond substituents is 1. The number of hydrogen-bond acceptors (Lipinski definition) is 4. The Morgan fingerprint density at radius 3 is 2.18 bits per heavy atom. The molecule has 2 N–H and O–H groups in total. The summed E-state index contributed by atoms with van der Waals surface area (Å²) < 4.78 is 14.0. The van der Waals surface area contributed by atoms with Crippen molar-refractivity contribution in [1.29, 1.82) is 0 Å². The van der Waals surface area contributed by atoms with Gasteiger partial charge in [-0.1, -0.05) is 92.0 Å². The Balaban J connectivity index is 2.45. The Bertz CT molecular complexity index is 913. The maximum absolute atomic E-state index is 10.5. The van der Waals surface area contributed by atoms with Crippen LogP contribution in [0.25, 0.3) is 0 Å². The predicted octanol–water partition coefficient (Wildman–Crippen LogP) is 9.10. The highest BCUT2D eigenvalue weighted by Crippen LogP contribution is 2.46. The number of rotatable bonds is 13. The van der Waals surface area contributed by atoms with E-state index in [2.05, 4.69) is 92.9 Å². The first-order valence-corrected chi connectivity index (χ1v) is 21.2. The smallest absolute Gasteiger partial charge is 0.192 e. The van der Waals surface area contributed by atoms with E-state index in [4.69, 9.17) is 8.85 Å². The van der Waals surface area contributed by atoms with E-state index in [1.165, 1.54) is 19.3 Å². The van der Waals surface area contributed by atoms with Crippen molar-refractivity contribution in [3.8, 4) is 5.75 Å². The summed E-state index contributed by atoms with van der Waals surface area (Å²) in [6.45, 7) is 25.6. The lowest BCUT2D eigenvalue weighted by molar-refractivity contribution is 0.146. The fraction of sp³-hybridized carbons (Fsp3) is 0.758. The second-order valence-electron chi connectivity index (χ2n) is 15.0.